The highest BCUT2D eigenvalue weighted by molar-refractivity contribution is 7.22. The van der Waals surface area contributed by atoms with Crippen LogP contribution in [0.5, 0.6) is 0 Å². The maximum Gasteiger partial charge on any atom is 0.340 e. The zero-order chi connectivity index (χ0) is 17.4. The van der Waals surface area contributed by atoms with Crippen molar-refractivity contribution < 1.29 is 14.3 Å². The van der Waals surface area contributed by atoms with Gasteiger partial charge in [-0.1, -0.05) is 29.3 Å². The van der Waals surface area contributed by atoms with Crippen LogP contribution < -0.4 is 5.32 Å². The second-order valence-corrected chi connectivity index (χ2v) is 8.05. The van der Waals surface area contributed by atoms with Crippen molar-refractivity contribution in [3.8, 4) is 0 Å². The molecular weight excluding hydrogens is 389 g/mol. The van der Waals surface area contributed by atoms with Gasteiger partial charge in [0.15, 0.2) is 0 Å². The first-order chi connectivity index (χ1) is 11.4. The van der Waals surface area contributed by atoms with Gasteiger partial charge < -0.3 is 10.1 Å². The number of nitrogens with one attached hydrogen (secondary N) is 1. The van der Waals surface area contributed by atoms with E-state index in [2.05, 4.69) is 5.32 Å². The Hall–Kier alpha value is -1.60. The van der Waals surface area contributed by atoms with Crippen LogP contribution in [-0.4, -0.2) is 19.0 Å². The number of rotatable bonds is 3. The highest BCUT2D eigenvalue weighted by Crippen LogP contribution is 2.38. The second-order valence-electron chi connectivity index (χ2n) is 4.93. The lowest BCUT2D eigenvalue weighted by atomic mass is 10.2. The molecule has 0 atom stereocenters. The van der Waals surface area contributed by atoms with Crippen LogP contribution in [0.2, 0.25) is 10.0 Å². The predicted octanol–water partition coefficient (Wildman–Crippen LogP) is 5.62. The SMILES string of the molecule is COC(=O)c1cc(C)sc1NC(=O)c1sc2cc(Cl)ccc2c1Cl. The van der Waals surface area contributed by atoms with Gasteiger partial charge in [0.25, 0.3) is 5.91 Å². The van der Waals surface area contributed by atoms with Gasteiger partial charge in [0.05, 0.1) is 17.7 Å². The molecule has 8 heteroatoms. The van der Waals surface area contributed by atoms with Gasteiger partial charge in [0, 0.05) is 20.0 Å². The van der Waals surface area contributed by atoms with Gasteiger partial charge in [-0.25, -0.2) is 4.79 Å². The Morgan fingerprint density at radius 1 is 1.17 bits per heavy atom. The van der Waals surface area contributed by atoms with Gasteiger partial charge in [-0.2, -0.15) is 0 Å². The molecular formula is C16H11Cl2NO3S2. The van der Waals surface area contributed by atoms with E-state index >= 15 is 0 Å². The monoisotopic (exact) mass is 399 g/mol. The van der Waals surface area contributed by atoms with E-state index in [1.165, 1.54) is 29.8 Å². The maximum absolute atomic E-state index is 12.6. The van der Waals surface area contributed by atoms with E-state index in [0.717, 1.165) is 15.0 Å². The summed E-state index contributed by atoms with van der Waals surface area (Å²) >= 11 is 14.9. The Morgan fingerprint density at radius 3 is 2.62 bits per heavy atom. The first-order valence-corrected chi connectivity index (χ1v) is 9.17. The molecule has 0 radical (unpaired) electrons. The lowest BCUT2D eigenvalue weighted by Gasteiger charge is -2.04. The standard InChI is InChI=1S/C16H11Cl2NO3S2/c1-7-5-10(16(21)22-2)15(23-7)19-14(20)13-12(18)9-4-3-8(17)6-11(9)24-13/h3-6H,1-2H3,(H,19,20). The van der Waals surface area contributed by atoms with Crippen LogP contribution in [0, 0.1) is 6.92 Å². The number of anilines is 1. The van der Waals surface area contributed by atoms with E-state index in [9.17, 15) is 9.59 Å². The van der Waals surface area contributed by atoms with Crippen molar-refractivity contribution in [1.82, 2.24) is 0 Å². The van der Waals surface area contributed by atoms with Crippen LogP contribution in [0.3, 0.4) is 0 Å². The molecule has 0 saturated carbocycles. The molecule has 24 heavy (non-hydrogen) atoms. The smallest absolute Gasteiger partial charge is 0.340 e. The number of benzene rings is 1. The Bertz CT molecular complexity index is 962. The van der Waals surface area contributed by atoms with E-state index in [1.807, 2.05) is 6.92 Å². The first kappa shape index (κ1) is 17.2. The minimum atomic E-state index is -0.496. The van der Waals surface area contributed by atoms with Crippen LogP contribution in [0.15, 0.2) is 24.3 Å². The van der Waals surface area contributed by atoms with Crippen molar-refractivity contribution in [1.29, 1.82) is 0 Å². The Kier molecular flexibility index (Phi) is 4.83. The molecule has 0 saturated heterocycles. The van der Waals surface area contributed by atoms with Crippen LogP contribution in [0.4, 0.5) is 5.00 Å². The maximum atomic E-state index is 12.6. The highest BCUT2D eigenvalue weighted by atomic mass is 35.5. The number of carbonyl (C=O) groups is 2. The fourth-order valence-corrected chi connectivity index (χ4v) is 4.80. The molecule has 0 aliphatic heterocycles. The Labute approximate surface area is 156 Å². The summed E-state index contributed by atoms with van der Waals surface area (Å²) in [5, 5.41) is 4.91. The average molecular weight is 400 g/mol. The third-order valence-corrected chi connectivity index (χ3v) is 6.14. The molecule has 0 aliphatic rings. The zero-order valence-electron chi connectivity index (χ0n) is 12.6. The molecule has 2 heterocycles. The van der Waals surface area contributed by atoms with Gasteiger partial charge >= 0.3 is 5.97 Å². The molecule has 1 N–H and O–H groups in total. The lowest BCUT2D eigenvalue weighted by molar-refractivity contribution is 0.0602. The van der Waals surface area contributed by atoms with E-state index in [1.54, 1.807) is 24.3 Å². The summed E-state index contributed by atoms with van der Waals surface area (Å²) in [6, 6.07) is 6.95. The second kappa shape index (κ2) is 6.72. The molecule has 0 unspecified atom stereocenters. The molecule has 1 amide bonds. The van der Waals surface area contributed by atoms with Crippen molar-refractivity contribution in [2.45, 2.75) is 6.92 Å². The molecule has 1 aromatic carbocycles. The van der Waals surface area contributed by atoms with Crippen LogP contribution >= 0.6 is 45.9 Å². The summed E-state index contributed by atoms with van der Waals surface area (Å²) in [7, 11) is 1.30. The number of amides is 1. The molecule has 124 valence electrons. The summed E-state index contributed by atoms with van der Waals surface area (Å²) < 4.78 is 5.57. The number of esters is 1. The molecule has 2 aromatic heterocycles. The number of halogens is 2. The quantitative estimate of drug-likeness (QED) is 0.581. The number of hydrogen-bond acceptors (Lipinski definition) is 5. The van der Waals surface area contributed by atoms with E-state index in [4.69, 9.17) is 27.9 Å². The van der Waals surface area contributed by atoms with Gasteiger partial charge in [-0.05, 0) is 25.1 Å². The average Bonchev–Trinajstić information content (AvgIpc) is 3.06. The third-order valence-electron chi connectivity index (χ3n) is 3.29. The molecule has 0 fully saturated rings. The van der Waals surface area contributed by atoms with Crippen LogP contribution in [0.25, 0.3) is 10.1 Å². The summed E-state index contributed by atoms with van der Waals surface area (Å²) in [5.41, 5.74) is 0.327. The topological polar surface area (TPSA) is 55.4 Å². The number of carbonyl (C=O) groups excluding carboxylic acids is 2. The number of aryl methyl sites for hydroxylation is 1. The molecule has 0 spiro atoms. The largest absolute Gasteiger partial charge is 0.465 e. The van der Waals surface area contributed by atoms with Crippen LogP contribution in [0.1, 0.15) is 24.9 Å². The van der Waals surface area contributed by atoms with Crippen molar-refractivity contribution in [2.24, 2.45) is 0 Å². The fourth-order valence-electron chi connectivity index (χ4n) is 2.21. The molecule has 0 aliphatic carbocycles. The number of thiophene rings is 2. The van der Waals surface area contributed by atoms with Gasteiger partial charge in [0.2, 0.25) is 0 Å². The minimum Gasteiger partial charge on any atom is -0.465 e. The lowest BCUT2D eigenvalue weighted by Crippen LogP contribution is -2.12. The first-order valence-electron chi connectivity index (χ1n) is 6.78. The number of ether oxygens (including phenoxy) is 1. The summed E-state index contributed by atoms with van der Waals surface area (Å²) in [6.07, 6.45) is 0. The van der Waals surface area contributed by atoms with E-state index in [0.29, 0.717) is 25.5 Å². The van der Waals surface area contributed by atoms with Crippen LogP contribution in [-0.2, 0) is 4.74 Å². The Morgan fingerprint density at radius 2 is 1.92 bits per heavy atom. The van der Waals surface area contributed by atoms with Gasteiger partial charge in [-0.3, -0.25) is 4.79 Å². The number of methoxy groups -OCH3 is 1. The number of fused-ring (bicyclic) bond motifs is 1. The minimum absolute atomic E-state index is 0.327. The summed E-state index contributed by atoms with van der Waals surface area (Å²) in [6.45, 7) is 1.85. The van der Waals surface area contributed by atoms with Crippen molar-refractivity contribution >= 4 is 72.8 Å². The van der Waals surface area contributed by atoms with Crippen molar-refractivity contribution in [3.63, 3.8) is 0 Å². The highest BCUT2D eigenvalue weighted by Gasteiger charge is 2.21. The molecule has 3 rings (SSSR count). The summed E-state index contributed by atoms with van der Waals surface area (Å²) in [5.74, 6) is -0.867. The predicted molar refractivity (Wildman–Crippen MR) is 100 cm³/mol. The van der Waals surface area contributed by atoms with E-state index < -0.39 is 5.97 Å². The fraction of sp³-hybridized carbons (Fsp3) is 0.125. The third kappa shape index (κ3) is 3.15. The molecule has 4 nitrogen and oxygen atoms in total. The van der Waals surface area contributed by atoms with Crippen molar-refractivity contribution in [2.75, 3.05) is 12.4 Å². The molecule has 3 aromatic rings. The zero-order valence-corrected chi connectivity index (χ0v) is 15.8. The van der Waals surface area contributed by atoms with Crippen molar-refractivity contribution in [3.05, 3.63) is 49.6 Å². The normalized spacial score (nSPS) is 10.8. The Balaban J connectivity index is 1.96. The number of hydrogen-bond donors (Lipinski definition) is 1. The van der Waals surface area contributed by atoms with E-state index in [-0.39, 0.29) is 5.91 Å². The van der Waals surface area contributed by atoms with Gasteiger partial charge in [0.1, 0.15) is 9.88 Å². The summed E-state index contributed by atoms with van der Waals surface area (Å²) in [4.78, 5) is 25.7. The van der Waals surface area contributed by atoms with Gasteiger partial charge in [-0.15, -0.1) is 22.7 Å². The molecule has 0 bridgehead atoms.